The number of hydrogen-bond donors (Lipinski definition) is 2. The summed E-state index contributed by atoms with van der Waals surface area (Å²) in [4.78, 5) is 7.59. The van der Waals surface area contributed by atoms with E-state index in [9.17, 15) is 5.11 Å². The lowest BCUT2D eigenvalue weighted by molar-refractivity contribution is 0.475. The fourth-order valence-electron chi connectivity index (χ4n) is 1.88. The number of aromatic hydroxyl groups is 1. The molecule has 3 rings (SSSR count). The van der Waals surface area contributed by atoms with Crippen LogP contribution in [-0.2, 0) is 0 Å². The first kappa shape index (κ1) is 10.6. The second-order valence-electron chi connectivity index (χ2n) is 4.06. The van der Waals surface area contributed by atoms with Gasteiger partial charge < -0.3 is 10.1 Å². The third-order valence-electron chi connectivity index (χ3n) is 2.82. The van der Waals surface area contributed by atoms with E-state index in [0.29, 0.717) is 0 Å². The standard InChI is InChI=1S/C15H12N2O/c18-13-7-5-12(6-8-13)16-9-11-10-17-15-4-2-1-3-14(11)15/h1-10,17-18H. The maximum absolute atomic E-state index is 9.19. The molecule has 3 aromatic rings. The molecule has 0 aliphatic rings. The van der Waals surface area contributed by atoms with Crippen molar-refractivity contribution >= 4 is 22.8 Å². The number of H-pyrrole nitrogens is 1. The predicted molar refractivity (Wildman–Crippen MR) is 73.7 cm³/mol. The van der Waals surface area contributed by atoms with Gasteiger partial charge in [0, 0.05) is 28.9 Å². The van der Waals surface area contributed by atoms with Gasteiger partial charge in [0.05, 0.1) is 5.69 Å². The lowest BCUT2D eigenvalue weighted by Gasteiger charge is -1.94. The van der Waals surface area contributed by atoms with E-state index in [2.05, 4.69) is 16.0 Å². The quantitative estimate of drug-likeness (QED) is 0.656. The summed E-state index contributed by atoms with van der Waals surface area (Å²) in [5.41, 5.74) is 2.97. The molecule has 0 atom stereocenters. The van der Waals surface area contributed by atoms with Gasteiger partial charge in [-0.15, -0.1) is 0 Å². The van der Waals surface area contributed by atoms with Crippen LogP contribution in [0.15, 0.2) is 59.7 Å². The van der Waals surface area contributed by atoms with E-state index in [-0.39, 0.29) is 5.75 Å². The number of aromatic amines is 1. The van der Waals surface area contributed by atoms with Crippen molar-refractivity contribution < 1.29 is 5.11 Å². The summed E-state index contributed by atoms with van der Waals surface area (Å²) >= 11 is 0. The van der Waals surface area contributed by atoms with Crippen molar-refractivity contribution in [2.24, 2.45) is 4.99 Å². The largest absolute Gasteiger partial charge is 0.508 e. The van der Waals surface area contributed by atoms with E-state index in [4.69, 9.17) is 0 Å². The van der Waals surface area contributed by atoms with Crippen molar-refractivity contribution in [3.8, 4) is 5.75 Å². The minimum Gasteiger partial charge on any atom is -0.508 e. The van der Waals surface area contributed by atoms with E-state index < -0.39 is 0 Å². The fraction of sp³-hybridized carbons (Fsp3) is 0. The number of para-hydroxylation sites is 1. The molecule has 0 amide bonds. The zero-order valence-electron chi connectivity index (χ0n) is 9.67. The van der Waals surface area contributed by atoms with Crippen LogP contribution in [0.1, 0.15) is 5.56 Å². The summed E-state index contributed by atoms with van der Waals surface area (Å²) in [6.07, 6.45) is 3.76. The molecule has 2 aromatic carbocycles. The number of rotatable bonds is 2. The minimum atomic E-state index is 0.251. The third-order valence-corrected chi connectivity index (χ3v) is 2.82. The van der Waals surface area contributed by atoms with Gasteiger partial charge in [0.15, 0.2) is 0 Å². The second-order valence-corrected chi connectivity index (χ2v) is 4.06. The molecule has 0 saturated carbocycles. The molecule has 1 aromatic heterocycles. The number of phenolic OH excluding ortho intramolecular Hbond substituents is 1. The zero-order valence-corrected chi connectivity index (χ0v) is 9.67. The molecule has 0 radical (unpaired) electrons. The topological polar surface area (TPSA) is 48.4 Å². The Morgan fingerprint density at radius 1 is 1.00 bits per heavy atom. The van der Waals surface area contributed by atoms with Gasteiger partial charge in [-0.3, -0.25) is 4.99 Å². The SMILES string of the molecule is Oc1ccc(N=Cc2c[nH]c3ccccc23)cc1. The Morgan fingerprint density at radius 3 is 2.61 bits per heavy atom. The Kier molecular flexibility index (Phi) is 2.57. The van der Waals surface area contributed by atoms with Gasteiger partial charge in [-0.25, -0.2) is 0 Å². The van der Waals surface area contributed by atoms with Crippen molar-refractivity contribution in [3.63, 3.8) is 0 Å². The fourth-order valence-corrected chi connectivity index (χ4v) is 1.88. The average molecular weight is 236 g/mol. The van der Waals surface area contributed by atoms with Crippen LogP contribution in [0.25, 0.3) is 10.9 Å². The van der Waals surface area contributed by atoms with Gasteiger partial charge in [-0.2, -0.15) is 0 Å². The molecular weight excluding hydrogens is 224 g/mol. The average Bonchev–Trinajstić information content (AvgIpc) is 2.82. The van der Waals surface area contributed by atoms with Gasteiger partial charge >= 0.3 is 0 Å². The van der Waals surface area contributed by atoms with Crippen molar-refractivity contribution in [1.29, 1.82) is 0 Å². The van der Waals surface area contributed by atoms with Gasteiger partial charge in [0.2, 0.25) is 0 Å². The van der Waals surface area contributed by atoms with Gasteiger partial charge in [0.25, 0.3) is 0 Å². The molecule has 0 fully saturated rings. The highest BCUT2D eigenvalue weighted by Crippen LogP contribution is 2.19. The van der Waals surface area contributed by atoms with E-state index in [0.717, 1.165) is 22.2 Å². The molecule has 0 saturated heterocycles. The van der Waals surface area contributed by atoms with E-state index in [1.807, 2.05) is 30.6 Å². The summed E-state index contributed by atoms with van der Waals surface area (Å²) in [6.45, 7) is 0. The highest BCUT2D eigenvalue weighted by atomic mass is 16.3. The van der Waals surface area contributed by atoms with Crippen LogP contribution < -0.4 is 0 Å². The summed E-state index contributed by atoms with van der Waals surface area (Å²) in [5.74, 6) is 0.251. The van der Waals surface area contributed by atoms with Crippen LogP contribution in [-0.4, -0.2) is 16.3 Å². The monoisotopic (exact) mass is 236 g/mol. The lowest BCUT2D eigenvalue weighted by Crippen LogP contribution is -1.76. The van der Waals surface area contributed by atoms with Gasteiger partial charge in [-0.05, 0) is 30.3 Å². The van der Waals surface area contributed by atoms with Crippen molar-refractivity contribution in [3.05, 3.63) is 60.3 Å². The number of aliphatic imine (C=N–C) groups is 1. The molecule has 0 spiro atoms. The van der Waals surface area contributed by atoms with Crippen LogP contribution in [0.4, 0.5) is 5.69 Å². The van der Waals surface area contributed by atoms with Crippen LogP contribution >= 0.6 is 0 Å². The summed E-state index contributed by atoms with van der Waals surface area (Å²) in [7, 11) is 0. The summed E-state index contributed by atoms with van der Waals surface area (Å²) < 4.78 is 0. The van der Waals surface area contributed by atoms with Crippen LogP contribution in [0.2, 0.25) is 0 Å². The number of nitrogens with one attached hydrogen (secondary N) is 1. The van der Waals surface area contributed by atoms with Crippen molar-refractivity contribution in [1.82, 2.24) is 4.98 Å². The Balaban J connectivity index is 1.94. The highest BCUT2D eigenvalue weighted by Gasteiger charge is 1.99. The molecule has 88 valence electrons. The van der Waals surface area contributed by atoms with Crippen LogP contribution in [0.5, 0.6) is 5.75 Å². The maximum atomic E-state index is 9.19. The molecule has 0 unspecified atom stereocenters. The third kappa shape index (κ3) is 1.98. The molecule has 0 aliphatic heterocycles. The summed E-state index contributed by atoms with van der Waals surface area (Å²) in [6, 6.07) is 14.9. The number of benzene rings is 2. The first-order valence-electron chi connectivity index (χ1n) is 5.72. The number of aromatic nitrogens is 1. The van der Waals surface area contributed by atoms with Crippen molar-refractivity contribution in [2.45, 2.75) is 0 Å². The minimum absolute atomic E-state index is 0.251. The Hall–Kier alpha value is -2.55. The zero-order chi connectivity index (χ0) is 12.4. The first-order valence-corrected chi connectivity index (χ1v) is 5.72. The number of nitrogens with zero attached hydrogens (tertiary/aromatic N) is 1. The molecule has 0 bridgehead atoms. The normalized spacial score (nSPS) is 11.3. The Morgan fingerprint density at radius 2 is 1.78 bits per heavy atom. The molecular formula is C15H12N2O. The second kappa shape index (κ2) is 4.37. The number of hydrogen-bond acceptors (Lipinski definition) is 2. The van der Waals surface area contributed by atoms with E-state index >= 15 is 0 Å². The van der Waals surface area contributed by atoms with E-state index in [1.54, 1.807) is 24.3 Å². The molecule has 1 heterocycles. The van der Waals surface area contributed by atoms with Crippen LogP contribution in [0, 0.1) is 0 Å². The molecule has 18 heavy (non-hydrogen) atoms. The highest BCUT2D eigenvalue weighted by molar-refractivity contribution is 5.99. The van der Waals surface area contributed by atoms with Crippen molar-refractivity contribution in [2.75, 3.05) is 0 Å². The first-order chi connectivity index (χ1) is 8.83. The Labute approximate surface area is 104 Å². The van der Waals surface area contributed by atoms with E-state index in [1.165, 1.54) is 0 Å². The maximum Gasteiger partial charge on any atom is 0.115 e. The number of phenols is 1. The molecule has 0 aliphatic carbocycles. The number of fused-ring (bicyclic) bond motifs is 1. The smallest absolute Gasteiger partial charge is 0.115 e. The summed E-state index contributed by atoms with van der Waals surface area (Å²) in [5, 5.41) is 10.3. The Bertz CT molecular complexity index is 696. The molecule has 3 nitrogen and oxygen atoms in total. The van der Waals surface area contributed by atoms with Gasteiger partial charge in [0.1, 0.15) is 5.75 Å². The predicted octanol–water partition coefficient (Wildman–Crippen LogP) is 3.62. The lowest BCUT2D eigenvalue weighted by atomic mass is 10.2. The van der Waals surface area contributed by atoms with Crippen LogP contribution in [0.3, 0.4) is 0 Å². The molecule has 2 N–H and O–H groups in total. The van der Waals surface area contributed by atoms with Gasteiger partial charge in [-0.1, -0.05) is 18.2 Å². The molecule has 3 heteroatoms.